The van der Waals surface area contributed by atoms with Crippen LogP contribution in [0.1, 0.15) is 23.6 Å². The number of halogens is 1. The monoisotopic (exact) mass is 383 g/mol. The zero-order chi connectivity index (χ0) is 20.1. The highest BCUT2D eigenvalue weighted by Crippen LogP contribution is 2.24. The predicted molar refractivity (Wildman–Crippen MR) is 112 cm³/mol. The lowest BCUT2D eigenvalue weighted by Crippen LogP contribution is -2.54. The van der Waals surface area contributed by atoms with Crippen molar-refractivity contribution in [1.82, 2.24) is 10.2 Å². The van der Waals surface area contributed by atoms with E-state index >= 15 is 0 Å². The summed E-state index contributed by atoms with van der Waals surface area (Å²) in [5.74, 6) is -0.177. The van der Waals surface area contributed by atoms with Crippen LogP contribution in [0.25, 0.3) is 0 Å². The van der Waals surface area contributed by atoms with Crippen molar-refractivity contribution >= 4 is 11.6 Å². The third-order valence-corrected chi connectivity index (χ3v) is 5.78. The van der Waals surface area contributed by atoms with Gasteiger partial charge in [0, 0.05) is 38.4 Å². The lowest BCUT2D eigenvalue weighted by atomic mass is 10.1. The van der Waals surface area contributed by atoms with Gasteiger partial charge in [-0.25, -0.2) is 4.39 Å². The van der Waals surface area contributed by atoms with Gasteiger partial charge >= 0.3 is 0 Å². The number of benzene rings is 2. The van der Waals surface area contributed by atoms with Gasteiger partial charge in [0.15, 0.2) is 0 Å². The second-order valence-corrected chi connectivity index (χ2v) is 7.59. The van der Waals surface area contributed by atoms with Crippen LogP contribution in [0, 0.1) is 19.7 Å². The number of carbonyl (C=O) groups excluding carboxylic acids is 1. The maximum Gasteiger partial charge on any atom is 0.237 e. The number of anilines is 1. The summed E-state index contributed by atoms with van der Waals surface area (Å²) in [6.07, 6.45) is 0.707. The van der Waals surface area contributed by atoms with E-state index in [2.05, 4.69) is 47.2 Å². The maximum absolute atomic E-state index is 12.9. The Bertz CT molecular complexity index is 798. The molecule has 1 aliphatic rings. The van der Waals surface area contributed by atoms with Crippen LogP contribution in [0.5, 0.6) is 0 Å². The number of hydrogen-bond donors (Lipinski definition) is 1. The summed E-state index contributed by atoms with van der Waals surface area (Å²) < 4.78 is 12.9. The van der Waals surface area contributed by atoms with E-state index < -0.39 is 0 Å². The van der Waals surface area contributed by atoms with Gasteiger partial charge in [0.2, 0.25) is 5.91 Å². The third-order valence-electron chi connectivity index (χ3n) is 5.78. The Balaban J connectivity index is 1.46. The Hall–Kier alpha value is -2.40. The Morgan fingerprint density at radius 3 is 2.43 bits per heavy atom. The highest BCUT2D eigenvalue weighted by atomic mass is 19.1. The van der Waals surface area contributed by atoms with E-state index in [1.165, 1.54) is 28.9 Å². The number of nitrogens with zero attached hydrogens (tertiary/aromatic N) is 2. The molecule has 1 N–H and O–H groups in total. The van der Waals surface area contributed by atoms with E-state index in [4.69, 9.17) is 0 Å². The Kier molecular flexibility index (Phi) is 6.68. The van der Waals surface area contributed by atoms with Gasteiger partial charge in [-0.3, -0.25) is 9.69 Å². The van der Waals surface area contributed by atoms with Crippen LogP contribution >= 0.6 is 0 Å². The number of nitrogens with one attached hydrogen (secondary N) is 1. The molecule has 4 nitrogen and oxygen atoms in total. The van der Waals surface area contributed by atoms with Crippen molar-refractivity contribution in [1.29, 1.82) is 0 Å². The SMILES string of the molecule is Cc1cccc(N2CCN([C@@H](C)C(=O)NCCc3ccc(F)cc3)CC2)c1C. The minimum atomic E-state index is -0.235. The predicted octanol–water partition coefficient (Wildman–Crippen LogP) is 3.31. The van der Waals surface area contributed by atoms with Crippen molar-refractivity contribution in [3.8, 4) is 0 Å². The van der Waals surface area contributed by atoms with Crippen molar-refractivity contribution in [3.63, 3.8) is 0 Å². The molecule has 1 heterocycles. The van der Waals surface area contributed by atoms with Crippen LogP contribution in [-0.2, 0) is 11.2 Å². The van der Waals surface area contributed by atoms with Crippen molar-refractivity contribution in [2.75, 3.05) is 37.6 Å². The van der Waals surface area contributed by atoms with E-state index in [0.29, 0.717) is 13.0 Å². The lowest BCUT2D eigenvalue weighted by Gasteiger charge is -2.39. The molecule has 1 atom stereocenters. The van der Waals surface area contributed by atoms with Gasteiger partial charge < -0.3 is 10.2 Å². The first-order chi connectivity index (χ1) is 13.5. The van der Waals surface area contributed by atoms with Crippen LogP contribution in [0.15, 0.2) is 42.5 Å². The van der Waals surface area contributed by atoms with Gasteiger partial charge in [-0.2, -0.15) is 0 Å². The van der Waals surface area contributed by atoms with Gasteiger partial charge in [-0.15, -0.1) is 0 Å². The highest BCUT2D eigenvalue weighted by Gasteiger charge is 2.26. The van der Waals surface area contributed by atoms with Crippen molar-refractivity contribution in [2.24, 2.45) is 0 Å². The summed E-state index contributed by atoms with van der Waals surface area (Å²) in [5, 5.41) is 3.01. The smallest absolute Gasteiger partial charge is 0.237 e. The second-order valence-electron chi connectivity index (χ2n) is 7.59. The van der Waals surface area contributed by atoms with Gasteiger partial charge in [0.1, 0.15) is 5.82 Å². The highest BCUT2D eigenvalue weighted by molar-refractivity contribution is 5.81. The fourth-order valence-electron chi connectivity index (χ4n) is 3.72. The van der Waals surface area contributed by atoms with E-state index in [0.717, 1.165) is 31.7 Å². The number of rotatable bonds is 6. The van der Waals surface area contributed by atoms with E-state index in [1.807, 2.05) is 6.92 Å². The topological polar surface area (TPSA) is 35.6 Å². The molecule has 0 bridgehead atoms. The summed E-state index contributed by atoms with van der Waals surface area (Å²) >= 11 is 0. The molecule has 28 heavy (non-hydrogen) atoms. The molecule has 0 radical (unpaired) electrons. The third kappa shape index (κ3) is 4.90. The van der Waals surface area contributed by atoms with Crippen LogP contribution < -0.4 is 10.2 Å². The van der Waals surface area contributed by atoms with Crippen molar-refractivity contribution in [3.05, 3.63) is 65.0 Å². The standard InChI is InChI=1S/C23H30FN3O/c1-17-5-4-6-22(18(17)2)27-15-13-26(14-16-27)19(3)23(28)25-12-11-20-7-9-21(24)10-8-20/h4-10,19H,11-16H2,1-3H3,(H,25,28)/t19-/m0/s1. The molecule has 0 unspecified atom stereocenters. The lowest BCUT2D eigenvalue weighted by molar-refractivity contribution is -0.125. The van der Waals surface area contributed by atoms with Crippen molar-refractivity contribution in [2.45, 2.75) is 33.2 Å². The molecule has 1 saturated heterocycles. The van der Waals surface area contributed by atoms with Crippen LogP contribution in [-0.4, -0.2) is 49.6 Å². The van der Waals surface area contributed by atoms with E-state index in [9.17, 15) is 9.18 Å². The molecular weight excluding hydrogens is 353 g/mol. The van der Waals surface area contributed by atoms with Gasteiger partial charge in [0.05, 0.1) is 6.04 Å². The Labute approximate surface area is 167 Å². The molecule has 150 valence electrons. The minimum absolute atomic E-state index is 0.0577. The number of piperazine rings is 1. The largest absolute Gasteiger partial charge is 0.369 e. The zero-order valence-electron chi connectivity index (χ0n) is 17.0. The van der Waals surface area contributed by atoms with Crippen LogP contribution in [0.2, 0.25) is 0 Å². The molecule has 2 aromatic rings. The number of aryl methyl sites for hydroxylation is 1. The number of amides is 1. The van der Waals surface area contributed by atoms with Crippen LogP contribution in [0.4, 0.5) is 10.1 Å². The molecule has 1 amide bonds. The zero-order valence-corrected chi connectivity index (χ0v) is 17.0. The molecule has 0 spiro atoms. The van der Waals surface area contributed by atoms with Gasteiger partial charge in [0.25, 0.3) is 0 Å². The summed E-state index contributed by atoms with van der Waals surface area (Å²) in [7, 11) is 0. The molecular formula is C23H30FN3O. The molecule has 0 aliphatic carbocycles. The average Bonchev–Trinajstić information content (AvgIpc) is 2.71. The summed E-state index contributed by atoms with van der Waals surface area (Å²) in [6, 6.07) is 12.7. The quantitative estimate of drug-likeness (QED) is 0.831. The molecule has 5 heteroatoms. The maximum atomic E-state index is 12.9. The van der Waals surface area contributed by atoms with E-state index in [1.54, 1.807) is 12.1 Å². The summed E-state index contributed by atoms with van der Waals surface area (Å²) in [6.45, 7) is 10.5. The van der Waals surface area contributed by atoms with Gasteiger partial charge in [-0.1, -0.05) is 24.3 Å². The molecule has 0 saturated carbocycles. The second kappa shape index (κ2) is 9.20. The number of carbonyl (C=O) groups is 1. The molecule has 2 aromatic carbocycles. The first kappa shape index (κ1) is 20.3. The fraction of sp³-hybridized carbons (Fsp3) is 0.435. The Morgan fingerprint density at radius 2 is 1.75 bits per heavy atom. The Morgan fingerprint density at radius 1 is 1.07 bits per heavy atom. The van der Waals surface area contributed by atoms with Gasteiger partial charge in [-0.05, 0) is 62.1 Å². The molecule has 1 fully saturated rings. The normalized spacial score (nSPS) is 16.1. The minimum Gasteiger partial charge on any atom is -0.369 e. The van der Waals surface area contributed by atoms with Crippen molar-refractivity contribution < 1.29 is 9.18 Å². The van der Waals surface area contributed by atoms with Crippen LogP contribution in [0.3, 0.4) is 0 Å². The average molecular weight is 384 g/mol. The molecule has 3 rings (SSSR count). The first-order valence-electron chi connectivity index (χ1n) is 10.0. The molecule has 0 aromatic heterocycles. The number of hydrogen-bond acceptors (Lipinski definition) is 3. The fourth-order valence-corrected chi connectivity index (χ4v) is 3.72. The molecule has 1 aliphatic heterocycles. The summed E-state index contributed by atoms with van der Waals surface area (Å²) in [5.41, 5.74) is 4.98. The van der Waals surface area contributed by atoms with E-state index in [-0.39, 0.29) is 17.8 Å². The summed E-state index contributed by atoms with van der Waals surface area (Å²) in [4.78, 5) is 17.2. The first-order valence-corrected chi connectivity index (χ1v) is 10.0.